The summed E-state index contributed by atoms with van der Waals surface area (Å²) in [4.78, 5) is 10.7. The van der Waals surface area contributed by atoms with Crippen LogP contribution in [0, 0.1) is 0 Å². The van der Waals surface area contributed by atoms with Gasteiger partial charge in [-0.3, -0.25) is 0 Å². The van der Waals surface area contributed by atoms with Crippen LogP contribution in [-0.4, -0.2) is 22.7 Å². The lowest BCUT2D eigenvalue weighted by Crippen LogP contribution is -2.15. The van der Waals surface area contributed by atoms with E-state index in [2.05, 4.69) is 0 Å². The maximum Gasteiger partial charge on any atom is 0.339 e. The van der Waals surface area contributed by atoms with Crippen LogP contribution >= 0.6 is 12.4 Å². The van der Waals surface area contributed by atoms with E-state index < -0.39 is 5.97 Å². The minimum Gasteiger partial charge on any atom is -0.507 e. The highest BCUT2D eigenvalue weighted by Gasteiger charge is 2.13. The number of aromatic carboxylic acids is 1. The highest BCUT2D eigenvalue weighted by Crippen LogP contribution is 2.22. The van der Waals surface area contributed by atoms with Crippen molar-refractivity contribution in [3.8, 4) is 5.75 Å². The summed E-state index contributed by atoms with van der Waals surface area (Å²) in [6.07, 6.45) is 0.573. The third-order valence-corrected chi connectivity index (χ3v) is 2.16. The minimum atomic E-state index is -1.17. The zero-order chi connectivity index (χ0) is 11.4. The molecular weight excluding hydrogens is 232 g/mol. The summed E-state index contributed by atoms with van der Waals surface area (Å²) in [5, 5.41) is 18.0. The topological polar surface area (TPSA) is 110 Å². The van der Waals surface area contributed by atoms with E-state index in [1.165, 1.54) is 12.1 Å². The molecule has 0 aliphatic rings. The molecule has 0 radical (unpaired) electrons. The predicted molar refractivity (Wildman–Crippen MR) is 62.9 cm³/mol. The molecule has 1 aromatic carbocycles. The van der Waals surface area contributed by atoms with Gasteiger partial charge in [0.05, 0.1) is 0 Å². The number of benzene rings is 1. The first kappa shape index (κ1) is 14.7. The van der Waals surface area contributed by atoms with E-state index >= 15 is 0 Å². The number of phenols is 1. The van der Waals surface area contributed by atoms with E-state index in [1.54, 1.807) is 6.07 Å². The van der Waals surface area contributed by atoms with Crippen molar-refractivity contribution in [2.24, 2.45) is 11.5 Å². The van der Waals surface area contributed by atoms with Crippen LogP contribution < -0.4 is 11.5 Å². The third-order valence-electron chi connectivity index (χ3n) is 2.16. The van der Waals surface area contributed by atoms with Gasteiger partial charge in [0.1, 0.15) is 11.3 Å². The largest absolute Gasteiger partial charge is 0.507 e. The smallest absolute Gasteiger partial charge is 0.339 e. The Bertz CT molecular complexity index is 371. The molecule has 0 aliphatic carbocycles. The Balaban J connectivity index is 0.00000225. The van der Waals surface area contributed by atoms with Crippen molar-refractivity contribution in [1.82, 2.24) is 0 Å². The first-order valence-electron chi connectivity index (χ1n) is 4.58. The summed E-state index contributed by atoms with van der Waals surface area (Å²) < 4.78 is 0. The number of carboxylic acids is 1. The molecule has 6 heteroatoms. The summed E-state index contributed by atoms with van der Waals surface area (Å²) in [7, 11) is 0. The monoisotopic (exact) mass is 246 g/mol. The van der Waals surface area contributed by atoms with Gasteiger partial charge in [-0.2, -0.15) is 0 Å². The van der Waals surface area contributed by atoms with Crippen LogP contribution in [0.15, 0.2) is 18.2 Å². The molecule has 0 bridgehead atoms. The molecule has 0 spiro atoms. The first-order valence-corrected chi connectivity index (χ1v) is 4.58. The molecular formula is C10H15ClN2O3. The average molecular weight is 247 g/mol. The van der Waals surface area contributed by atoms with Gasteiger partial charge in [0.15, 0.2) is 0 Å². The van der Waals surface area contributed by atoms with Gasteiger partial charge in [0, 0.05) is 6.04 Å². The fourth-order valence-electron chi connectivity index (χ4n) is 1.30. The Morgan fingerprint density at radius 2 is 2.06 bits per heavy atom. The second-order valence-corrected chi connectivity index (χ2v) is 3.27. The molecule has 0 aliphatic heterocycles. The normalized spacial score (nSPS) is 11.6. The predicted octanol–water partition coefficient (Wildman–Crippen LogP) is 0.861. The number of hydrogen-bond donors (Lipinski definition) is 4. The molecule has 16 heavy (non-hydrogen) atoms. The fourth-order valence-corrected chi connectivity index (χ4v) is 1.30. The fraction of sp³-hybridized carbons (Fsp3) is 0.300. The zero-order valence-corrected chi connectivity index (χ0v) is 9.41. The first-order chi connectivity index (χ1) is 7.06. The number of nitrogens with two attached hydrogens (primary N) is 2. The van der Waals surface area contributed by atoms with Crippen molar-refractivity contribution in [3.05, 3.63) is 29.3 Å². The molecule has 0 fully saturated rings. The van der Waals surface area contributed by atoms with Gasteiger partial charge in [0.2, 0.25) is 0 Å². The molecule has 1 rings (SSSR count). The number of rotatable bonds is 4. The number of aromatic hydroxyl groups is 1. The van der Waals surface area contributed by atoms with Crippen molar-refractivity contribution in [2.45, 2.75) is 12.5 Å². The van der Waals surface area contributed by atoms with Crippen molar-refractivity contribution in [1.29, 1.82) is 0 Å². The summed E-state index contributed by atoms with van der Waals surface area (Å²) >= 11 is 0. The second-order valence-electron chi connectivity index (χ2n) is 3.27. The van der Waals surface area contributed by atoms with E-state index in [9.17, 15) is 9.90 Å². The van der Waals surface area contributed by atoms with Gasteiger partial charge in [0.25, 0.3) is 0 Å². The molecule has 0 amide bonds. The van der Waals surface area contributed by atoms with Gasteiger partial charge < -0.3 is 21.7 Å². The maximum atomic E-state index is 10.7. The molecule has 0 heterocycles. The lowest BCUT2D eigenvalue weighted by atomic mass is 10.0. The summed E-state index contributed by atoms with van der Waals surface area (Å²) in [5.74, 6) is -1.43. The Hall–Kier alpha value is -1.30. The van der Waals surface area contributed by atoms with Crippen molar-refractivity contribution < 1.29 is 15.0 Å². The molecule has 0 saturated heterocycles. The Morgan fingerprint density at radius 3 is 2.56 bits per heavy atom. The van der Waals surface area contributed by atoms with Gasteiger partial charge in [-0.05, 0) is 30.7 Å². The summed E-state index contributed by atoms with van der Waals surface area (Å²) in [6, 6.07) is 4.00. The number of carbonyl (C=O) groups is 1. The van der Waals surface area contributed by atoms with Gasteiger partial charge >= 0.3 is 5.97 Å². The molecule has 1 aromatic rings. The van der Waals surface area contributed by atoms with Gasteiger partial charge in [-0.25, -0.2) is 4.79 Å². The van der Waals surface area contributed by atoms with Crippen LogP contribution in [0.1, 0.15) is 28.4 Å². The Morgan fingerprint density at radius 1 is 1.44 bits per heavy atom. The lowest BCUT2D eigenvalue weighted by Gasteiger charge is -2.11. The molecule has 0 saturated carbocycles. The second kappa shape index (κ2) is 6.32. The number of carboxylic acid groups (broad SMARTS) is 1. The lowest BCUT2D eigenvalue weighted by molar-refractivity contribution is 0.0693. The summed E-state index contributed by atoms with van der Waals surface area (Å²) in [5.41, 5.74) is 11.6. The Kier molecular flexibility index (Phi) is 5.81. The molecule has 5 nitrogen and oxygen atoms in total. The van der Waals surface area contributed by atoms with Crippen LogP contribution in [0.3, 0.4) is 0 Å². The highest BCUT2D eigenvalue weighted by molar-refractivity contribution is 5.90. The van der Waals surface area contributed by atoms with Crippen molar-refractivity contribution >= 4 is 18.4 Å². The SMILES string of the molecule is Cl.NCC[C@@H](N)c1ccc(O)c(C(=O)O)c1. The van der Waals surface area contributed by atoms with Crippen LogP contribution in [0.25, 0.3) is 0 Å². The number of hydrogen-bond acceptors (Lipinski definition) is 4. The van der Waals surface area contributed by atoms with E-state index in [0.717, 1.165) is 0 Å². The molecule has 0 aromatic heterocycles. The van der Waals surface area contributed by atoms with Gasteiger partial charge in [-0.1, -0.05) is 6.07 Å². The van der Waals surface area contributed by atoms with E-state index in [1.807, 2.05) is 0 Å². The van der Waals surface area contributed by atoms with Crippen LogP contribution in [0.2, 0.25) is 0 Å². The molecule has 1 atom stereocenters. The van der Waals surface area contributed by atoms with E-state index in [4.69, 9.17) is 16.6 Å². The van der Waals surface area contributed by atoms with Crippen LogP contribution in [0.5, 0.6) is 5.75 Å². The van der Waals surface area contributed by atoms with Crippen LogP contribution in [0.4, 0.5) is 0 Å². The number of halogens is 1. The zero-order valence-electron chi connectivity index (χ0n) is 8.59. The van der Waals surface area contributed by atoms with Gasteiger partial charge in [-0.15, -0.1) is 12.4 Å². The average Bonchev–Trinajstić information content (AvgIpc) is 2.18. The quantitative estimate of drug-likeness (QED) is 0.630. The maximum absolute atomic E-state index is 10.7. The van der Waals surface area contributed by atoms with Crippen molar-refractivity contribution in [3.63, 3.8) is 0 Å². The molecule has 90 valence electrons. The summed E-state index contributed by atoms with van der Waals surface area (Å²) in [6.45, 7) is 0.435. The minimum absolute atomic E-state index is 0. The molecule has 0 unspecified atom stereocenters. The van der Waals surface area contributed by atoms with Crippen LogP contribution in [-0.2, 0) is 0 Å². The third kappa shape index (κ3) is 3.37. The van der Waals surface area contributed by atoms with E-state index in [0.29, 0.717) is 18.5 Å². The Labute approximate surface area is 99.5 Å². The van der Waals surface area contributed by atoms with E-state index in [-0.39, 0.29) is 29.8 Å². The van der Waals surface area contributed by atoms with Crippen molar-refractivity contribution in [2.75, 3.05) is 6.54 Å². The highest BCUT2D eigenvalue weighted by atomic mass is 35.5. The standard InChI is InChI=1S/C10H14N2O3.ClH/c11-4-3-8(12)6-1-2-9(13)7(5-6)10(14)15;/h1-2,5,8,13H,3-4,11-12H2,(H,14,15);1H/t8-;/m1./s1. The molecule has 6 N–H and O–H groups in total.